The molecule has 1 aromatic heterocycles. The lowest BCUT2D eigenvalue weighted by molar-refractivity contribution is 0.102. The number of methoxy groups -OCH3 is 1. The zero-order valence-electron chi connectivity index (χ0n) is 14.2. The lowest BCUT2D eigenvalue weighted by atomic mass is 10.1. The lowest BCUT2D eigenvalue weighted by Gasteiger charge is -2.21. The van der Waals surface area contributed by atoms with Gasteiger partial charge in [-0.1, -0.05) is 23.5 Å². The standard InChI is InChI=1S/C19H18N2O2S3/c1-23-14-7-8-15-16(11-14)26-19(20-15)21-17(22)12-3-5-13(6-4-12)18-24-9-2-10-25-18/h3-8,11,18H,2,9-10H2,1H3,(H,20,21,22). The van der Waals surface area contributed by atoms with Crippen molar-refractivity contribution in [2.24, 2.45) is 0 Å². The summed E-state index contributed by atoms with van der Waals surface area (Å²) >= 11 is 5.41. The third-order valence-electron chi connectivity index (χ3n) is 4.09. The van der Waals surface area contributed by atoms with Crippen LogP contribution in [0, 0.1) is 0 Å². The first-order valence-corrected chi connectivity index (χ1v) is 11.2. The number of carbonyl (C=O) groups excluding carboxylic acids is 1. The molecule has 4 nitrogen and oxygen atoms in total. The Morgan fingerprint density at radius 3 is 2.65 bits per heavy atom. The highest BCUT2D eigenvalue weighted by Gasteiger charge is 2.17. The van der Waals surface area contributed by atoms with Crippen LogP contribution in [0.2, 0.25) is 0 Å². The van der Waals surface area contributed by atoms with E-state index in [1.54, 1.807) is 7.11 Å². The molecule has 0 saturated carbocycles. The maximum absolute atomic E-state index is 12.5. The van der Waals surface area contributed by atoms with Gasteiger partial charge in [-0.05, 0) is 53.8 Å². The Hall–Kier alpha value is -1.70. The van der Waals surface area contributed by atoms with E-state index >= 15 is 0 Å². The van der Waals surface area contributed by atoms with Crippen molar-refractivity contribution in [1.82, 2.24) is 4.98 Å². The number of ether oxygens (including phenoxy) is 1. The van der Waals surface area contributed by atoms with E-state index in [4.69, 9.17) is 4.74 Å². The minimum Gasteiger partial charge on any atom is -0.497 e. The molecular formula is C19H18N2O2S3. The largest absolute Gasteiger partial charge is 0.497 e. The van der Waals surface area contributed by atoms with Gasteiger partial charge in [-0.3, -0.25) is 10.1 Å². The molecule has 1 amide bonds. The number of nitrogens with zero attached hydrogens (tertiary/aromatic N) is 1. The number of benzene rings is 2. The van der Waals surface area contributed by atoms with Gasteiger partial charge in [-0.15, -0.1) is 23.5 Å². The summed E-state index contributed by atoms with van der Waals surface area (Å²) in [6, 6.07) is 13.6. The third-order valence-corrected chi connectivity index (χ3v) is 8.04. The van der Waals surface area contributed by atoms with Crippen molar-refractivity contribution in [3.05, 3.63) is 53.6 Å². The van der Waals surface area contributed by atoms with Crippen LogP contribution in [0.4, 0.5) is 5.13 Å². The molecule has 2 heterocycles. The Bertz CT molecular complexity index is 918. The van der Waals surface area contributed by atoms with Crippen LogP contribution >= 0.6 is 34.9 Å². The Morgan fingerprint density at radius 1 is 1.15 bits per heavy atom. The number of rotatable bonds is 4. The fourth-order valence-corrected chi connectivity index (χ4v) is 6.51. The van der Waals surface area contributed by atoms with Crippen molar-refractivity contribution in [3.63, 3.8) is 0 Å². The second kappa shape index (κ2) is 7.90. The van der Waals surface area contributed by atoms with Gasteiger partial charge in [0.2, 0.25) is 0 Å². The number of fused-ring (bicyclic) bond motifs is 1. The van der Waals surface area contributed by atoms with Crippen LogP contribution in [0.25, 0.3) is 10.2 Å². The van der Waals surface area contributed by atoms with Crippen molar-refractivity contribution >= 4 is 56.1 Å². The van der Waals surface area contributed by atoms with Crippen molar-refractivity contribution in [3.8, 4) is 5.75 Å². The van der Waals surface area contributed by atoms with Crippen LogP contribution in [0.5, 0.6) is 5.75 Å². The first-order chi connectivity index (χ1) is 12.7. The predicted molar refractivity (Wildman–Crippen MR) is 113 cm³/mol. The van der Waals surface area contributed by atoms with Gasteiger partial charge in [0.25, 0.3) is 5.91 Å². The number of thioether (sulfide) groups is 2. The summed E-state index contributed by atoms with van der Waals surface area (Å²) in [5.41, 5.74) is 2.78. The first-order valence-electron chi connectivity index (χ1n) is 8.32. The summed E-state index contributed by atoms with van der Waals surface area (Å²) in [6.07, 6.45) is 1.28. The van der Waals surface area contributed by atoms with Crippen LogP contribution in [-0.4, -0.2) is 29.5 Å². The number of aromatic nitrogens is 1. The average molecular weight is 403 g/mol. The summed E-state index contributed by atoms with van der Waals surface area (Å²) in [4.78, 5) is 17.0. The summed E-state index contributed by atoms with van der Waals surface area (Å²) < 4.78 is 6.70. The summed E-state index contributed by atoms with van der Waals surface area (Å²) in [7, 11) is 1.64. The van der Waals surface area contributed by atoms with E-state index in [0.717, 1.165) is 16.0 Å². The molecule has 0 radical (unpaired) electrons. The molecule has 1 aliphatic heterocycles. The van der Waals surface area contributed by atoms with Gasteiger partial charge in [0.05, 0.1) is 21.9 Å². The molecule has 3 aromatic rings. The van der Waals surface area contributed by atoms with E-state index in [9.17, 15) is 4.79 Å². The monoisotopic (exact) mass is 402 g/mol. The quantitative estimate of drug-likeness (QED) is 0.631. The van der Waals surface area contributed by atoms with E-state index in [-0.39, 0.29) is 5.91 Å². The van der Waals surface area contributed by atoms with Gasteiger partial charge in [-0.25, -0.2) is 4.98 Å². The maximum atomic E-state index is 12.5. The van der Waals surface area contributed by atoms with Crippen molar-refractivity contribution in [2.75, 3.05) is 23.9 Å². The smallest absolute Gasteiger partial charge is 0.257 e. The van der Waals surface area contributed by atoms with Crippen LogP contribution in [0.3, 0.4) is 0 Å². The second-order valence-electron chi connectivity index (χ2n) is 5.86. The highest BCUT2D eigenvalue weighted by molar-refractivity contribution is 8.16. The Labute approximate surface area is 164 Å². The number of amides is 1. The van der Waals surface area contributed by atoms with Gasteiger partial charge in [-0.2, -0.15) is 0 Å². The molecule has 0 atom stereocenters. The van der Waals surface area contributed by atoms with Crippen LogP contribution in [-0.2, 0) is 0 Å². The molecule has 0 spiro atoms. The number of hydrogen-bond donors (Lipinski definition) is 1. The highest BCUT2D eigenvalue weighted by atomic mass is 32.2. The van der Waals surface area contributed by atoms with Gasteiger partial charge in [0, 0.05) is 5.56 Å². The number of nitrogens with one attached hydrogen (secondary N) is 1. The zero-order chi connectivity index (χ0) is 17.9. The Kier molecular flexibility index (Phi) is 5.38. The van der Waals surface area contributed by atoms with Crippen LogP contribution in [0.1, 0.15) is 26.9 Å². The fourth-order valence-electron chi connectivity index (χ4n) is 2.73. The molecule has 7 heteroatoms. The SMILES string of the molecule is COc1ccc2nc(NC(=O)c3ccc(C4SCCCS4)cc3)sc2c1. The number of hydrogen-bond acceptors (Lipinski definition) is 6. The van der Waals surface area contributed by atoms with Crippen molar-refractivity contribution in [2.45, 2.75) is 11.0 Å². The number of carbonyl (C=O) groups is 1. The first kappa shape index (κ1) is 17.7. The average Bonchev–Trinajstić information content (AvgIpc) is 3.10. The van der Waals surface area contributed by atoms with Crippen molar-refractivity contribution in [1.29, 1.82) is 0 Å². The molecule has 134 valence electrons. The van der Waals surface area contributed by atoms with Gasteiger partial charge in [0.15, 0.2) is 5.13 Å². The molecule has 0 aliphatic carbocycles. The molecule has 26 heavy (non-hydrogen) atoms. The van der Waals surface area contributed by atoms with Crippen molar-refractivity contribution < 1.29 is 9.53 Å². The molecule has 0 bridgehead atoms. The maximum Gasteiger partial charge on any atom is 0.257 e. The van der Waals surface area contributed by atoms with Crippen LogP contribution in [0.15, 0.2) is 42.5 Å². The Balaban J connectivity index is 1.47. The predicted octanol–water partition coefficient (Wildman–Crippen LogP) is 5.43. The summed E-state index contributed by atoms with van der Waals surface area (Å²) in [6.45, 7) is 0. The van der Waals surface area contributed by atoms with E-state index in [1.807, 2.05) is 53.9 Å². The number of thiazole rings is 1. The molecule has 0 unspecified atom stereocenters. The molecule has 1 aliphatic rings. The van der Waals surface area contributed by atoms with Gasteiger partial charge in [0.1, 0.15) is 5.75 Å². The second-order valence-corrected chi connectivity index (χ2v) is 9.61. The topological polar surface area (TPSA) is 51.2 Å². The van der Waals surface area contributed by atoms with E-state index < -0.39 is 0 Å². The zero-order valence-corrected chi connectivity index (χ0v) is 16.7. The van der Waals surface area contributed by atoms with E-state index in [1.165, 1.54) is 34.8 Å². The molecular weight excluding hydrogens is 384 g/mol. The summed E-state index contributed by atoms with van der Waals surface area (Å²) in [5.74, 6) is 3.07. The fraction of sp³-hybridized carbons (Fsp3) is 0.263. The van der Waals surface area contributed by atoms with Crippen LogP contribution < -0.4 is 10.1 Å². The summed E-state index contributed by atoms with van der Waals surface area (Å²) in [5, 5.41) is 3.50. The number of anilines is 1. The normalized spacial score (nSPS) is 15.1. The van der Waals surface area contributed by atoms with E-state index in [0.29, 0.717) is 15.3 Å². The molecule has 4 rings (SSSR count). The highest BCUT2D eigenvalue weighted by Crippen LogP contribution is 2.43. The minimum atomic E-state index is -0.133. The Morgan fingerprint density at radius 2 is 1.92 bits per heavy atom. The van der Waals surface area contributed by atoms with E-state index in [2.05, 4.69) is 22.4 Å². The lowest BCUT2D eigenvalue weighted by Crippen LogP contribution is -2.11. The molecule has 1 N–H and O–H groups in total. The molecule has 1 saturated heterocycles. The molecule has 2 aromatic carbocycles. The molecule has 1 fully saturated rings. The van der Waals surface area contributed by atoms with Gasteiger partial charge < -0.3 is 4.74 Å². The minimum absolute atomic E-state index is 0.133. The third kappa shape index (κ3) is 3.84. The van der Waals surface area contributed by atoms with Gasteiger partial charge >= 0.3 is 0 Å².